The van der Waals surface area contributed by atoms with E-state index in [0.717, 1.165) is 44.9 Å². The third-order valence-electron chi connectivity index (χ3n) is 12.0. The van der Waals surface area contributed by atoms with Gasteiger partial charge in [0.15, 0.2) is 6.29 Å². The van der Waals surface area contributed by atoms with E-state index in [2.05, 4.69) is 31.3 Å². The number of aliphatic hydroxyl groups excluding tert-OH is 5. The molecule has 1 fully saturated rings. The Morgan fingerprint density at radius 2 is 0.983 bits per heavy atom. The third kappa shape index (κ3) is 31.2. The number of nitrogens with one attached hydrogen (secondary N) is 1. The Bertz CT molecular complexity index is 977. The monoisotopic (exact) mass is 838 g/mol. The molecule has 0 spiro atoms. The number of unbranched alkanes of at least 4 members (excludes halogenated alkanes) is 30. The van der Waals surface area contributed by atoms with Gasteiger partial charge in [-0.25, -0.2) is 0 Å². The van der Waals surface area contributed by atoms with Crippen LogP contribution in [0.2, 0.25) is 0 Å². The Kier molecular flexibility index (Phi) is 38.4. The summed E-state index contributed by atoms with van der Waals surface area (Å²) in [7, 11) is 0. The summed E-state index contributed by atoms with van der Waals surface area (Å²) >= 11 is 0. The van der Waals surface area contributed by atoms with Crippen molar-refractivity contribution in [2.75, 3.05) is 13.2 Å². The van der Waals surface area contributed by atoms with E-state index in [9.17, 15) is 30.3 Å². The molecule has 1 aliphatic heterocycles. The lowest BCUT2D eigenvalue weighted by Gasteiger charge is -2.40. The summed E-state index contributed by atoms with van der Waals surface area (Å²) < 4.78 is 11.2. The maximum Gasteiger partial charge on any atom is 0.220 e. The van der Waals surface area contributed by atoms with Crippen LogP contribution in [0.3, 0.4) is 0 Å². The van der Waals surface area contributed by atoms with Gasteiger partial charge < -0.3 is 40.3 Å². The van der Waals surface area contributed by atoms with Crippen LogP contribution in [0.15, 0.2) is 24.3 Å². The molecule has 0 saturated carbocycles. The molecule has 0 aromatic rings. The maximum atomic E-state index is 13.0. The number of carbonyl (C=O) groups excluding carboxylic acids is 1. The second-order valence-electron chi connectivity index (χ2n) is 17.6. The van der Waals surface area contributed by atoms with Crippen LogP contribution >= 0.6 is 0 Å². The molecule has 1 aliphatic rings. The molecule has 0 aromatic heterocycles. The van der Waals surface area contributed by atoms with Crippen molar-refractivity contribution in [3.63, 3.8) is 0 Å². The van der Waals surface area contributed by atoms with Gasteiger partial charge in [0.25, 0.3) is 0 Å². The molecule has 1 saturated heterocycles. The molecule has 0 aliphatic carbocycles. The summed E-state index contributed by atoms with van der Waals surface area (Å²) in [6, 6.07) is -0.804. The number of aliphatic hydroxyl groups is 5. The number of allylic oxidation sites excluding steroid dienone is 3. The Hall–Kier alpha value is -1.33. The lowest BCUT2D eigenvalue weighted by molar-refractivity contribution is -0.302. The highest BCUT2D eigenvalue weighted by molar-refractivity contribution is 5.76. The molecule has 2 unspecified atom stereocenters. The molecule has 1 heterocycles. The van der Waals surface area contributed by atoms with Crippen LogP contribution in [0, 0.1) is 0 Å². The summed E-state index contributed by atoms with van der Waals surface area (Å²) in [5.41, 5.74) is 0. The molecule has 1 rings (SSSR count). The predicted octanol–water partition coefficient (Wildman–Crippen LogP) is 11.1. The number of ether oxygens (including phenoxy) is 2. The van der Waals surface area contributed by atoms with Crippen molar-refractivity contribution >= 4 is 5.91 Å². The van der Waals surface area contributed by atoms with Gasteiger partial charge >= 0.3 is 0 Å². The van der Waals surface area contributed by atoms with Crippen molar-refractivity contribution in [3.8, 4) is 0 Å². The van der Waals surface area contributed by atoms with Crippen molar-refractivity contribution in [1.82, 2.24) is 5.32 Å². The number of amides is 1. The number of hydrogen-bond acceptors (Lipinski definition) is 8. The first-order valence-corrected chi connectivity index (χ1v) is 25.1. The normalized spacial score (nSPS) is 20.8. The zero-order chi connectivity index (χ0) is 43.0. The van der Waals surface area contributed by atoms with E-state index in [-0.39, 0.29) is 12.5 Å². The lowest BCUT2D eigenvalue weighted by atomic mass is 9.99. The molecular weight excluding hydrogens is 743 g/mol. The molecule has 9 nitrogen and oxygen atoms in total. The minimum atomic E-state index is -1.56. The quantitative estimate of drug-likeness (QED) is 0.0263. The van der Waals surface area contributed by atoms with Crippen molar-refractivity contribution in [1.29, 1.82) is 0 Å². The smallest absolute Gasteiger partial charge is 0.220 e. The highest BCUT2D eigenvalue weighted by Gasteiger charge is 2.44. The maximum absolute atomic E-state index is 13.0. The topological polar surface area (TPSA) is 149 Å². The zero-order valence-corrected chi connectivity index (χ0v) is 38.3. The molecule has 9 heteroatoms. The van der Waals surface area contributed by atoms with Crippen LogP contribution in [-0.4, -0.2) is 87.5 Å². The van der Waals surface area contributed by atoms with Crippen LogP contribution in [-0.2, 0) is 14.3 Å². The van der Waals surface area contributed by atoms with E-state index in [0.29, 0.717) is 6.42 Å². The van der Waals surface area contributed by atoms with Crippen molar-refractivity contribution in [2.45, 2.75) is 275 Å². The fourth-order valence-corrected chi connectivity index (χ4v) is 7.98. The zero-order valence-electron chi connectivity index (χ0n) is 38.3. The summed E-state index contributed by atoms with van der Waals surface area (Å²) in [5, 5.41) is 54.2. The molecule has 6 N–H and O–H groups in total. The van der Waals surface area contributed by atoms with E-state index in [1.807, 2.05) is 6.08 Å². The summed E-state index contributed by atoms with van der Waals surface area (Å²) in [6.45, 7) is 3.73. The first-order valence-electron chi connectivity index (χ1n) is 25.1. The minimum absolute atomic E-state index is 0.177. The first kappa shape index (κ1) is 55.7. The van der Waals surface area contributed by atoms with E-state index in [1.165, 1.54) is 167 Å². The molecule has 1 amide bonds. The average Bonchev–Trinajstić information content (AvgIpc) is 3.23. The van der Waals surface area contributed by atoms with Gasteiger partial charge in [0.1, 0.15) is 24.4 Å². The molecule has 0 bridgehead atoms. The molecular formula is C50H95NO8. The summed E-state index contributed by atoms with van der Waals surface area (Å²) in [5.74, 6) is -0.177. The number of carbonyl (C=O) groups is 1. The van der Waals surface area contributed by atoms with E-state index < -0.39 is 49.5 Å². The third-order valence-corrected chi connectivity index (χ3v) is 12.0. The van der Waals surface area contributed by atoms with Gasteiger partial charge in [-0.1, -0.05) is 212 Å². The average molecular weight is 838 g/mol. The van der Waals surface area contributed by atoms with E-state index >= 15 is 0 Å². The van der Waals surface area contributed by atoms with Crippen molar-refractivity contribution < 1.29 is 39.8 Å². The Morgan fingerprint density at radius 3 is 1.44 bits per heavy atom. The van der Waals surface area contributed by atoms with Gasteiger partial charge in [0.2, 0.25) is 5.91 Å². The van der Waals surface area contributed by atoms with E-state index in [4.69, 9.17) is 9.47 Å². The summed E-state index contributed by atoms with van der Waals surface area (Å²) in [6.07, 6.45) is 42.3. The van der Waals surface area contributed by atoms with Gasteiger partial charge in [0, 0.05) is 6.42 Å². The standard InChI is InChI=1S/C50H95NO8/c1-3-5-7-9-11-13-15-17-18-19-20-21-22-23-24-25-26-28-30-32-34-36-38-40-46(54)51-43(42-58-50-49(57)48(56)47(55)45(41-52)59-50)44(53)39-37-35-33-31-29-27-16-14-12-10-8-6-4-2/h8,10,37,39,43-45,47-50,52-53,55-57H,3-7,9,11-36,38,40-42H2,1-2H3,(H,51,54)/b10-8+,39-37+/t43-,44+,45-,47-,48?,49?,50-/m0/s1. The minimum Gasteiger partial charge on any atom is -0.394 e. The predicted molar refractivity (Wildman–Crippen MR) is 244 cm³/mol. The van der Waals surface area contributed by atoms with Gasteiger partial charge in [-0.2, -0.15) is 0 Å². The highest BCUT2D eigenvalue weighted by atomic mass is 16.7. The number of rotatable bonds is 42. The fourth-order valence-electron chi connectivity index (χ4n) is 7.98. The Balaban J connectivity index is 2.24. The molecule has 59 heavy (non-hydrogen) atoms. The largest absolute Gasteiger partial charge is 0.394 e. The van der Waals surface area contributed by atoms with Gasteiger partial charge in [-0.15, -0.1) is 0 Å². The van der Waals surface area contributed by atoms with Crippen LogP contribution in [0.1, 0.15) is 232 Å². The van der Waals surface area contributed by atoms with Crippen LogP contribution in [0.25, 0.3) is 0 Å². The Morgan fingerprint density at radius 1 is 0.559 bits per heavy atom. The molecule has 348 valence electrons. The van der Waals surface area contributed by atoms with Crippen molar-refractivity contribution in [3.05, 3.63) is 24.3 Å². The van der Waals surface area contributed by atoms with Gasteiger partial charge in [-0.05, 0) is 38.5 Å². The molecule has 7 atom stereocenters. The van der Waals surface area contributed by atoms with Gasteiger partial charge in [0.05, 0.1) is 25.4 Å². The number of hydrogen-bond donors (Lipinski definition) is 6. The second kappa shape index (κ2) is 40.7. The second-order valence-corrected chi connectivity index (χ2v) is 17.6. The van der Waals surface area contributed by atoms with E-state index in [1.54, 1.807) is 6.08 Å². The van der Waals surface area contributed by atoms with Crippen LogP contribution in [0.4, 0.5) is 0 Å². The van der Waals surface area contributed by atoms with Crippen molar-refractivity contribution in [2.24, 2.45) is 0 Å². The summed E-state index contributed by atoms with van der Waals surface area (Å²) in [4.78, 5) is 13.0. The highest BCUT2D eigenvalue weighted by Crippen LogP contribution is 2.23. The molecule has 0 radical (unpaired) electrons. The Labute approximate surface area is 362 Å². The van der Waals surface area contributed by atoms with Crippen LogP contribution in [0.5, 0.6) is 0 Å². The van der Waals surface area contributed by atoms with Crippen LogP contribution < -0.4 is 5.32 Å². The lowest BCUT2D eigenvalue weighted by Crippen LogP contribution is -2.60. The fraction of sp³-hybridized carbons (Fsp3) is 0.900. The SMILES string of the molecule is CCC/C=C/CCCCCCCC/C=C/[C@@H](O)[C@H](CO[C@H]1O[C@@H](CO)[C@H](O)C(O)C1O)NC(=O)CCCCCCCCCCCCCCCCCCCCCCCCC. The van der Waals surface area contributed by atoms with Gasteiger partial charge in [-0.3, -0.25) is 4.79 Å². The first-order chi connectivity index (χ1) is 28.8. The molecule has 0 aromatic carbocycles.